The summed E-state index contributed by atoms with van der Waals surface area (Å²) < 4.78 is 26.7. The number of aromatic nitrogens is 2. The highest BCUT2D eigenvalue weighted by molar-refractivity contribution is 7.91. The predicted octanol–water partition coefficient (Wildman–Crippen LogP) is 1.60. The number of aliphatic hydroxyl groups excluding tert-OH is 1. The number of anilines is 1. The van der Waals surface area contributed by atoms with Crippen molar-refractivity contribution in [3.8, 4) is 0 Å². The van der Waals surface area contributed by atoms with Crippen molar-refractivity contribution in [2.24, 2.45) is 0 Å². The van der Waals surface area contributed by atoms with E-state index in [4.69, 9.17) is 5.73 Å². The number of nitrogen functional groups attached to an aromatic ring is 1. The van der Waals surface area contributed by atoms with Crippen LogP contribution in [0.4, 0.5) is 5.69 Å². The molecule has 0 aliphatic heterocycles. The molecule has 6 nitrogen and oxygen atoms in total. The third-order valence-electron chi connectivity index (χ3n) is 3.47. The van der Waals surface area contributed by atoms with Gasteiger partial charge < -0.3 is 15.4 Å². The first-order valence-electron chi connectivity index (χ1n) is 7.07. The zero-order valence-corrected chi connectivity index (χ0v) is 13.5. The van der Waals surface area contributed by atoms with Crippen LogP contribution in [0.1, 0.15) is 31.6 Å². The minimum absolute atomic E-state index is 0.142. The summed E-state index contributed by atoms with van der Waals surface area (Å²) in [5, 5.41) is 9.63. The van der Waals surface area contributed by atoms with Gasteiger partial charge in [0.2, 0.25) is 0 Å². The molecule has 0 spiro atoms. The monoisotopic (exact) mass is 323 g/mol. The van der Waals surface area contributed by atoms with Gasteiger partial charge in [-0.3, -0.25) is 0 Å². The van der Waals surface area contributed by atoms with E-state index in [9.17, 15) is 13.5 Å². The number of nitrogens with zero attached hydrogens (tertiary/aromatic N) is 2. The maximum absolute atomic E-state index is 12.5. The van der Waals surface area contributed by atoms with E-state index in [-0.39, 0.29) is 23.2 Å². The molecular weight excluding hydrogens is 302 g/mol. The van der Waals surface area contributed by atoms with Crippen molar-refractivity contribution in [2.45, 2.75) is 30.7 Å². The van der Waals surface area contributed by atoms with E-state index in [2.05, 4.69) is 4.98 Å². The van der Waals surface area contributed by atoms with Crippen LogP contribution in [0.3, 0.4) is 0 Å². The highest BCUT2D eigenvalue weighted by Crippen LogP contribution is 2.22. The Balaban J connectivity index is 2.29. The number of hydrogen-bond donors (Lipinski definition) is 2. The van der Waals surface area contributed by atoms with E-state index in [1.165, 1.54) is 12.1 Å². The van der Waals surface area contributed by atoms with Gasteiger partial charge in [-0.1, -0.05) is 13.8 Å². The molecule has 22 heavy (non-hydrogen) atoms. The Morgan fingerprint density at radius 2 is 1.91 bits per heavy atom. The lowest BCUT2D eigenvalue weighted by Crippen LogP contribution is -2.24. The molecule has 1 atom stereocenters. The number of rotatable bonds is 6. The minimum Gasteiger partial charge on any atom is -0.399 e. The van der Waals surface area contributed by atoms with Crippen LogP contribution >= 0.6 is 0 Å². The fourth-order valence-electron chi connectivity index (χ4n) is 2.33. The van der Waals surface area contributed by atoms with Crippen molar-refractivity contribution < 1.29 is 13.5 Å². The van der Waals surface area contributed by atoms with E-state index in [1.807, 2.05) is 13.8 Å². The maximum Gasteiger partial charge on any atom is 0.180 e. The van der Waals surface area contributed by atoms with Crippen molar-refractivity contribution in [3.63, 3.8) is 0 Å². The van der Waals surface area contributed by atoms with Gasteiger partial charge in [0, 0.05) is 24.0 Å². The molecule has 0 fully saturated rings. The Labute approximate surface area is 130 Å². The third-order valence-corrected chi connectivity index (χ3v) is 5.28. The molecular formula is C15H21N3O3S. The summed E-state index contributed by atoms with van der Waals surface area (Å²) in [6.07, 6.45) is 3.32. The fourth-order valence-corrected chi connectivity index (χ4v) is 3.84. The van der Waals surface area contributed by atoms with E-state index in [0.29, 0.717) is 5.69 Å². The highest BCUT2D eigenvalue weighted by atomic mass is 32.2. The van der Waals surface area contributed by atoms with Crippen molar-refractivity contribution >= 4 is 15.5 Å². The topological polar surface area (TPSA) is 98.2 Å². The van der Waals surface area contributed by atoms with Gasteiger partial charge >= 0.3 is 0 Å². The van der Waals surface area contributed by atoms with Crippen LogP contribution in [0.25, 0.3) is 0 Å². The Morgan fingerprint density at radius 1 is 1.27 bits per heavy atom. The summed E-state index contributed by atoms with van der Waals surface area (Å²) in [4.78, 5) is 4.44. The Kier molecular flexibility index (Phi) is 4.87. The summed E-state index contributed by atoms with van der Waals surface area (Å²) in [7, 11) is -3.52. The molecule has 2 rings (SSSR count). The molecule has 0 saturated carbocycles. The van der Waals surface area contributed by atoms with Gasteiger partial charge in [-0.2, -0.15) is 0 Å². The fraction of sp³-hybridized carbons (Fsp3) is 0.400. The summed E-state index contributed by atoms with van der Waals surface area (Å²) in [5.41, 5.74) is 6.09. The van der Waals surface area contributed by atoms with Gasteiger partial charge in [-0.15, -0.1) is 0 Å². The number of hydrogen-bond acceptors (Lipinski definition) is 5. The van der Waals surface area contributed by atoms with Crippen LogP contribution in [0.5, 0.6) is 0 Å². The summed E-state index contributed by atoms with van der Waals surface area (Å²) in [6, 6.07) is 5.50. The van der Waals surface area contributed by atoms with Crippen LogP contribution < -0.4 is 5.73 Å². The number of aliphatic hydroxyl groups is 1. The first-order valence-corrected chi connectivity index (χ1v) is 8.72. The summed E-state index contributed by atoms with van der Waals surface area (Å²) in [6.45, 7) is 3.67. The van der Waals surface area contributed by atoms with Gasteiger partial charge in [-0.25, -0.2) is 13.4 Å². The molecule has 2 aromatic rings. The van der Waals surface area contributed by atoms with E-state index >= 15 is 0 Å². The molecule has 1 heterocycles. The normalized spacial score (nSPS) is 13.5. The molecule has 1 unspecified atom stereocenters. The van der Waals surface area contributed by atoms with Crippen molar-refractivity contribution in [1.82, 2.24) is 9.55 Å². The van der Waals surface area contributed by atoms with Gasteiger partial charge in [0.05, 0.1) is 23.3 Å². The van der Waals surface area contributed by atoms with Crippen molar-refractivity contribution in [2.75, 3.05) is 18.1 Å². The Hall–Kier alpha value is -1.86. The van der Waals surface area contributed by atoms with E-state index < -0.39 is 15.9 Å². The molecule has 0 aliphatic rings. The largest absolute Gasteiger partial charge is 0.399 e. The second kappa shape index (κ2) is 6.50. The second-order valence-corrected chi connectivity index (χ2v) is 7.57. The molecule has 0 radical (unpaired) electrons. The van der Waals surface area contributed by atoms with Crippen LogP contribution in [-0.2, 0) is 9.84 Å². The predicted molar refractivity (Wildman–Crippen MR) is 85.3 cm³/mol. The lowest BCUT2D eigenvalue weighted by Gasteiger charge is -2.20. The smallest absolute Gasteiger partial charge is 0.180 e. The molecule has 0 bridgehead atoms. The molecule has 7 heteroatoms. The molecule has 0 aliphatic carbocycles. The van der Waals surface area contributed by atoms with Crippen LogP contribution in [0, 0.1) is 0 Å². The van der Waals surface area contributed by atoms with Gasteiger partial charge in [0.25, 0.3) is 0 Å². The molecule has 0 amide bonds. The first-order chi connectivity index (χ1) is 10.3. The minimum atomic E-state index is -3.52. The summed E-state index contributed by atoms with van der Waals surface area (Å²) in [5.74, 6) is 0.707. The molecule has 3 N–H and O–H groups in total. The highest BCUT2D eigenvalue weighted by Gasteiger charge is 2.24. The quantitative estimate of drug-likeness (QED) is 0.787. The maximum atomic E-state index is 12.5. The van der Waals surface area contributed by atoms with E-state index in [1.54, 1.807) is 29.1 Å². The first kappa shape index (κ1) is 16.5. The van der Waals surface area contributed by atoms with Gasteiger partial charge in [0.1, 0.15) is 5.82 Å². The van der Waals surface area contributed by atoms with Gasteiger partial charge in [0.15, 0.2) is 9.84 Å². The number of nitrogens with two attached hydrogens (primary N) is 1. The zero-order chi connectivity index (χ0) is 16.3. The standard InChI is InChI=1S/C15H21N3O3S/c1-11(2)15-17-7-8-18(15)13(9-19)10-22(20,21)14-5-3-12(16)4-6-14/h3-8,11,13,19H,9-10,16H2,1-2H3. The van der Waals surface area contributed by atoms with Gasteiger partial charge in [-0.05, 0) is 24.3 Å². The average molecular weight is 323 g/mol. The SMILES string of the molecule is CC(C)c1nccn1C(CO)CS(=O)(=O)c1ccc(N)cc1. The number of sulfone groups is 1. The molecule has 1 aromatic carbocycles. The Morgan fingerprint density at radius 3 is 2.45 bits per heavy atom. The van der Waals surface area contributed by atoms with Crippen LogP contribution in [0.2, 0.25) is 0 Å². The van der Waals surface area contributed by atoms with Crippen LogP contribution in [0.15, 0.2) is 41.6 Å². The summed E-state index contributed by atoms with van der Waals surface area (Å²) >= 11 is 0. The Bertz CT molecular complexity index is 721. The lowest BCUT2D eigenvalue weighted by molar-refractivity contribution is 0.236. The number of benzene rings is 1. The third kappa shape index (κ3) is 3.48. The zero-order valence-electron chi connectivity index (χ0n) is 12.7. The average Bonchev–Trinajstić information content (AvgIpc) is 2.94. The molecule has 120 valence electrons. The van der Waals surface area contributed by atoms with Crippen LogP contribution in [-0.4, -0.2) is 35.4 Å². The second-order valence-electron chi connectivity index (χ2n) is 5.53. The lowest BCUT2D eigenvalue weighted by atomic mass is 10.2. The molecule has 1 aromatic heterocycles. The van der Waals surface area contributed by atoms with Crippen molar-refractivity contribution in [3.05, 3.63) is 42.5 Å². The molecule has 0 saturated heterocycles. The van der Waals surface area contributed by atoms with Crippen molar-refractivity contribution in [1.29, 1.82) is 0 Å². The number of imidazole rings is 1. The van der Waals surface area contributed by atoms with E-state index in [0.717, 1.165) is 5.82 Å².